The van der Waals surface area contributed by atoms with Gasteiger partial charge in [-0.2, -0.15) is 5.10 Å². The third-order valence-corrected chi connectivity index (χ3v) is 4.46. The summed E-state index contributed by atoms with van der Waals surface area (Å²) in [7, 11) is 0. The number of carbonyl (C=O) groups excluding carboxylic acids is 1. The van der Waals surface area contributed by atoms with E-state index in [1.165, 1.54) is 0 Å². The van der Waals surface area contributed by atoms with Crippen LogP contribution in [0.25, 0.3) is 0 Å². The highest BCUT2D eigenvalue weighted by molar-refractivity contribution is 6.43. The number of hydrogen-bond donors (Lipinski definition) is 1. The number of aromatic nitrogens is 2. The predicted octanol–water partition coefficient (Wildman–Crippen LogP) is 4.17. The van der Waals surface area contributed by atoms with Gasteiger partial charge in [0.25, 0.3) is 5.91 Å². The monoisotopic (exact) mass is 359 g/mol. The summed E-state index contributed by atoms with van der Waals surface area (Å²) in [5.41, 5.74) is 2.49. The van der Waals surface area contributed by atoms with Gasteiger partial charge in [0.2, 0.25) is 0 Å². The highest BCUT2D eigenvalue weighted by Gasteiger charge is 2.13. The summed E-state index contributed by atoms with van der Waals surface area (Å²) in [6.45, 7) is 1.05. The molecule has 1 amide bonds. The lowest BCUT2D eigenvalue weighted by atomic mass is 10.1. The number of hydrogen-bond acceptors (Lipinski definition) is 2. The van der Waals surface area contributed by atoms with Crippen LogP contribution >= 0.6 is 23.2 Å². The van der Waals surface area contributed by atoms with Crippen molar-refractivity contribution in [1.82, 2.24) is 15.1 Å². The van der Waals surface area contributed by atoms with Gasteiger partial charge in [0, 0.05) is 18.9 Å². The summed E-state index contributed by atoms with van der Waals surface area (Å²) in [5.74, 6) is -0.253. The van der Waals surface area contributed by atoms with Crippen molar-refractivity contribution >= 4 is 29.1 Å². The summed E-state index contributed by atoms with van der Waals surface area (Å²) >= 11 is 12.0. The van der Waals surface area contributed by atoms with E-state index in [-0.39, 0.29) is 10.9 Å². The Bertz CT molecular complexity index is 847. The minimum absolute atomic E-state index is 0.253. The molecule has 1 heterocycles. The highest BCUT2D eigenvalue weighted by atomic mass is 35.5. The minimum atomic E-state index is -0.253. The molecule has 3 rings (SSSR count). The first-order valence-electron chi connectivity index (χ1n) is 7.41. The molecule has 1 aromatic heterocycles. The van der Waals surface area contributed by atoms with Crippen LogP contribution in [-0.4, -0.2) is 15.7 Å². The first kappa shape index (κ1) is 16.6. The van der Waals surface area contributed by atoms with Crippen molar-refractivity contribution < 1.29 is 4.79 Å². The molecular formula is C18H15Cl2N3O. The van der Waals surface area contributed by atoms with E-state index in [0.717, 1.165) is 11.1 Å². The van der Waals surface area contributed by atoms with E-state index in [2.05, 4.69) is 10.4 Å². The lowest BCUT2D eigenvalue weighted by Gasteiger charge is -2.12. The SMILES string of the molecule is O=C(NCc1ccccc1Cn1cccn1)c1cccc(Cl)c1Cl. The molecule has 0 saturated carbocycles. The molecule has 0 saturated heterocycles. The molecule has 0 unspecified atom stereocenters. The average molecular weight is 360 g/mol. The number of benzene rings is 2. The van der Waals surface area contributed by atoms with Crippen LogP contribution in [0, 0.1) is 0 Å². The van der Waals surface area contributed by atoms with Gasteiger partial charge < -0.3 is 5.32 Å². The zero-order valence-corrected chi connectivity index (χ0v) is 14.3. The van der Waals surface area contributed by atoms with E-state index >= 15 is 0 Å². The third-order valence-electron chi connectivity index (χ3n) is 3.65. The molecule has 0 radical (unpaired) electrons. The highest BCUT2D eigenvalue weighted by Crippen LogP contribution is 2.25. The number of nitrogens with one attached hydrogen (secondary N) is 1. The molecule has 0 aliphatic carbocycles. The van der Waals surface area contributed by atoms with Crippen molar-refractivity contribution in [3.63, 3.8) is 0 Å². The Balaban J connectivity index is 1.73. The first-order chi connectivity index (χ1) is 11.6. The molecule has 0 fully saturated rings. The maximum Gasteiger partial charge on any atom is 0.253 e. The topological polar surface area (TPSA) is 46.9 Å². The second-order valence-corrected chi connectivity index (χ2v) is 6.04. The van der Waals surface area contributed by atoms with Gasteiger partial charge in [-0.3, -0.25) is 9.48 Å². The van der Waals surface area contributed by atoms with Gasteiger partial charge in [-0.25, -0.2) is 0 Å². The fraction of sp³-hybridized carbons (Fsp3) is 0.111. The molecule has 2 aromatic carbocycles. The fourth-order valence-electron chi connectivity index (χ4n) is 2.40. The van der Waals surface area contributed by atoms with Crippen LogP contribution in [0.15, 0.2) is 60.9 Å². The second kappa shape index (κ2) is 7.51. The van der Waals surface area contributed by atoms with Crippen LogP contribution in [0.1, 0.15) is 21.5 Å². The Morgan fingerprint density at radius 3 is 2.58 bits per heavy atom. The third kappa shape index (κ3) is 3.78. The van der Waals surface area contributed by atoms with Crippen LogP contribution in [-0.2, 0) is 13.1 Å². The van der Waals surface area contributed by atoms with E-state index in [1.807, 2.05) is 41.2 Å². The second-order valence-electron chi connectivity index (χ2n) is 5.26. The molecule has 0 spiro atoms. The van der Waals surface area contributed by atoms with Crippen LogP contribution in [0.3, 0.4) is 0 Å². The van der Waals surface area contributed by atoms with Gasteiger partial charge in [0.05, 0.1) is 22.2 Å². The quantitative estimate of drug-likeness (QED) is 0.742. The Hall–Kier alpha value is -2.30. The number of amides is 1. The molecular weight excluding hydrogens is 345 g/mol. The minimum Gasteiger partial charge on any atom is -0.348 e. The molecule has 0 bridgehead atoms. The summed E-state index contributed by atoms with van der Waals surface area (Å²) < 4.78 is 1.84. The van der Waals surface area contributed by atoms with E-state index in [9.17, 15) is 4.79 Å². The van der Waals surface area contributed by atoms with Crippen LogP contribution < -0.4 is 5.32 Å². The van der Waals surface area contributed by atoms with Crippen molar-refractivity contribution in [2.45, 2.75) is 13.1 Å². The smallest absolute Gasteiger partial charge is 0.253 e. The zero-order chi connectivity index (χ0) is 16.9. The average Bonchev–Trinajstić information content (AvgIpc) is 3.09. The summed E-state index contributed by atoms with van der Waals surface area (Å²) in [4.78, 5) is 12.3. The molecule has 0 aliphatic heterocycles. The number of nitrogens with zero attached hydrogens (tertiary/aromatic N) is 2. The Morgan fingerprint density at radius 2 is 1.83 bits per heavy atom. The van der Waals surface area contributed by atoms with Crippen molar-refractivity contribution in [1.29, 1.82) is 0 Å². The molecule has 6 heteroatoms. The van der Waals surface area contributed by atoms with Crippen molar-refractivity contribution in [3.8, 4) is 0 Å². The normalized spacial score (nSPS) is 10.6. The maximum atomic E-state index is 12.3. The van der Waals surface area contributed by atoms with E-state index in [1.54, 1.807) is 24.4 Å². The number of halogens is 2. The first-order valence-corrected chi connectivity index (χ1v) is 8.17. The van der Waals surface area contributed by atoms with Crippen LogP contribution in [0.2, 0.25) is 10.0 Å². The number of carbonyl (C=O) groups is 1. The summed E-state index contributed by atoms with van der Waals surface area (Å²) in [6.07, 6.45) is 3.65. The number of rotatable bonds is 5. The van der Waals surface area contributed by atoms with Gasteiger partial charge in [-0.1, -0.05) is 53.5 Å². The van der Waals surface area contributed by atoms with Crippen molar-refractivity contribution in [2.24, 2.45) is 0 Å². The van der Waals surface area contributed by atoms with Crippen LogP contribution in [0.4, 0.5) is 0 Å². The van der Waals surface area contributed by atoms with Crippen molar-refractivity contribution in [2.75, 3.05) is 0 Å². The zero-order valence-electron chi connectivity index (χ0n) is 12.7. The van der Waals surface area contributed by atoms with E-state index in [4.69, 9.17) is 23.2 Å². The Labute approximate surface area is 150 Å². The van der Waals surface area contributed by atoms with Gasteiger partial charge >= 0.3 is 0 Å². The maximum absolute atomic E-state index is 12.3. The van der Waals surface area contributed by atoms with E-state index < -0.39 is 0 Å². The molecule has 24 heavy (non-hydrogen) atoms. The van der Waals surface area contributed by atoms with E-state index in [0.29, 0.717) is 23.7 Å². The molecule has 0 atom stereocenters. The summed E-state index contributed by atoms with van der Waals surface area (Å²) in [6, 6.07) is 14.8. The van der Waals surface area contributed by atoms with Gasteiger partial charge in [-0.05, 0) is 29.3 Å². The molecule has 3 aromatic rings. The van der Waals surface area contributed by atoms with Crippen LogP contribution in [0.5, 0.6) is 0 Å². The lowest BCUT2D eigenvalue weighted by Crippen LogP contribution is -2.24. The molecule has 4 nitrogen and oxygen atoms in total. The fourth-order valence-corrected chi connectivity index (χ4v) is 2.79. The van der Waals surface area contributed by atoms with Gasteiger partial charge in [-0.15, -0.1) is 0 Å². The summed E-state index contributed by atoms with van der Waals surface area (Å²) in [5, 5.41) is 7.74. The predicted molar refractivity (Wildman–Crippen MR) is 95.4 cm³/mol. The lowest BCUT2D eigenvalue weighted by molar-refractivity contribution is 0.0951. The molecule has 0 aliphatic rings. The largest absolute Gasteiger partial charge is 0.348 e. The Morgan fingerprint density at radius 1 is 1.04 bits per heavy atom. The van der Waals surface area contributed by atoms with Crippen molar-refractivity contribution in [3.05, 3.63) is 87.7 Å². The van der Waals surface area contributed by atoms with Gasteiger partial charge in [0.15, 0.2) is 0 Å². The van der Waals surface area contributed by atoms with Gasteiger partial charge in [0.1, 0.15) is 0 Å². The standard InChI is InChI=1S/C18H15Cl2N3O/c19-16-8-3-7-15(17(16)20)18(24)21-11-13-5-1-2-6-14(13)12-23-10-4-9-22-23/h1-10H,11-12H2,(H,21,24). The molecule has 122 valence electrons. The molecule has 1 N–H and O–H groups in total. The Kier molecular flexibility index (Phi) is 5.18.